The number of rotatable bonds is 7. The molecule has 1 aromatic carbocycles. The number of allylic oxidation sites excluding steroid dienone is 1. The number of nitrogens with zero attached hydrogens (tertiary/aromatic N) is 2. The Hall–Kier alpha value is -2.76. The van der Waals surface area contributed by atoms with E-state index < -0.39 is 0 Å². The third-order valence-electron chi connectivity index (χ3n) is 4.57. The Kier molecular flexibility index (Phi) is 5.61. The second kappa shape index (κ2) is 8.08. The van der Waals surface area contributed by atoms with Crippen LogP contribution >= 0.6 is 0 Å². The molecule has 0 bridgehead atoms. The number of carbonyl (C=O) groups excluding carboxylic acids is 1. The van der Waals surface area contributed by atoms with Crippen molar-refractivity contribution in [3.05, 3.63) is 53.6 Å². The predicted molar refractivity (Wildman–Crippen MR) is 99.8 cm³/mol. The van der Waals surface area contributed by atoms with Gasteiger partial charge >= 0.3 is 0 Å². The summed E-state index contributed by atoms with van der Waals surface area (Å²) in [7, 11) is 3.15. The zero-order valence-electron chi connectivity index (χ0n) is 15.4. The van der Waals surface area contributed by atoms with Gasteiger partial charge in [-0.25, -0.2) is 4.98 Å². The molecule has 0 aliphatic carbocycles. The molecular weight excluding hydrogens is 330 g/mol. The first kappa shape index (κ1) is 18.0. The van der Waals surface area contributed by atoms with Crippen molar-refractivity contribution in [3.63, 3.8) is 0 Å². The lowest BCUT2D eigenvalue weighted by Crippen LogP contribution is -2.23. The van der Waals surface area contributed by atoms with Gasteiger partial charge in [0.1, 0.15) is 5.82 Å². The number of carbonyl (C=O) groups is 1. The summed E-state index contributed by atoms with van der Waals surface area (Å²) in [6, 6.07) is 3.51. The van der Waals surface area contributed by atoms with E-state index in [0.717, 1.165) is 30.0 Å². The van der Waals surface area contributed by atoms with E-state index in [2.05, 4.69) is 21.4 Å². The number of fused-ring (bicyclic) bond motifs is 1. The number of amides is 1. The van der Waals surface area contributed by atoms with E-state index in [4.69, 9.17) is 9.47 Å². The third kappa shape index (κ3) is 3.74. The van der Waals surface area contributed by atoms with Crippen molar-refractivity contribution < 1.29 is 14.3 Å². The molecule has 6 heteroatoms. The Bertz CT molecular complexity index is 787. The molecule has 0 unspecified atom stereocenters. The maximum atomic E-state index is 12.6. The van der Waals surface area contributed by atoms with Crippen LogP contribution in [0.5, 0.6) is 11.5 Å². The van der Waals surface area contributed by atoms with Crippen LogP contribution in [0.1, 0.15) is 40.3 Å². The van der Waals surface area contributed by atoms with Gasteiger partial charge in [-0.3, -0.25) is 4.79 Å². The monoisotopic (exact) mass is 355 g/mol. The van der Waals surface area contributed by atoms with Crippen molar-refractivity contribution in [2.75, 3.05) is 14.2 Å². The molecule has 0 radical (unpaired) electrons. The van der Waals surface area contributed by atoms with Gasteiger partial charge in [-0.1, -0.05) is 6.08 Å². The minimum atomic E-state index is -0.165. The summed E-state index contributed by atoms with van der Waals surface area (Å²) in [5.74, 6) is 2.11. The van der Waals surface area contributed by atoms with Crippen molar-refractivity contribution in [3.8, 4) is 11.5 Å². The fourth-order valence-corrected chi connectivity index (χ4v) is 3.31. The van der Waals surface area contributed by atoms with Crippen molar-refractivity contribution in [2.45, 2.75) is 38.8 Å². The zero-order valence-corrected chi connectivity index (χ0v) is 15.4. The van der Waals surface area contributed by atoms with Crippen LogP contribution in [0, 0.1) is 0 Å². The molecule has 0 atom stereocenters. The molecule has 0 spiro atoms. The first-order valence-electron chi connectivity index (χ1n) is 8.85. The zero-order chi connectivity index (χ0) is 18.5. The highest BCUT2D eigenvalue weighted by Gasteiger charge is 2.17. The Balaban J connectivity index is 1.75. The summed E-state index contributed by atoms with van der Waals surface area (Å²) >= 11 is 0. The molecule has 1 N–H and O–H groups in total. The van der Waals surface area contributed by atoms with Crippen LogP contribution < -0.4 is 14.8 Å². The van der Waals surface area contributed by atoms with Crippen LogP contribution in [-0.4, -0.2) is 29.7 Å². The topological polar surface area (TPSA) is 65.4 Å². The van der Waals surface area contributed by atoms with Crippen LogP contribution in [0.3, 0.4) is 0 Å². The van der Waals surface area contributed by atoms with Crippen molar-refractivity contribution in [2.24, 2.45) is 0 Å². The molecule has 3 rings (SSSR count). The third-order valence-corrected chi connectivity index (χ3v) is 4.57. The summed E-state index contributed by atoms with van der Waals surface area (Å²) in [5, 5.41) is 2.95. The second-order valence-corrected chi connectivity index (χ2v) is 6.35. The van der Waals surface area contributed by atoms with Gasteiger partial charge in [0.25, 0.3) is 5.91 Å². The van der Waals surface area contributed by atoms with Gasteiger partial charge in [0.2, 0.25) is 0 Å². The molecule has 1 amide bonds. The quantitative estimate of drug-likeness (QED) is 0.776. The van der Waals surface area contributed by atoms with Crippen LogP contribution in [0.15, 0.2) is 31.0 Å². The van der Waals surface area contributed by atoms with Crippen molar-refractivity contribution >= 4 is 5.91 Å². The number of nitrogens with one attached hydrogen (secondary N) is 1. The minimum absolute atomic E-state index is 0.165. The Morgan fingerprint density at radius 2 is 2.19 bits per heavy atom. The molecule has 0 saturated carbocycles. The average molecular weight is 355 g/mol. The Morgan fingerprint density at radius 1 is 1.35 bits per heavy atom. The fourth-order valence-electron chi connectivity index (χ4n) is 3.31. The van der Waals surface area contributed by atoms with Gasteiger partial charge in [-0.15, -0.1) is 6.58 Å². The van der Waals surface area contributed by atoms with E-state index in [-0.39, 0.29) is 5.91 Å². The summed E-state index contributed by atoms with van der Waals surface area (Å²) in [6.45, 7) is 5.18. The standard InChI is InChI=1S/C20H25N3O3/c1-4-7-14-10-15(11-17(25-2)19(14)26-3)20(24)21-12-16-13-23-9-6-5-8-18(23)22-16/h4,10-11,13H,1,5-9,12H2,2-3H3,(H,21,24). The lowest BCUT2D eigenvalue weighted by molar-refractivity contribution is 0.0950. The maximum absolute atomic E-state index is 12.6. The van der Waals surface area contributed by atoms with Crippen molar-refractivity contribution in [1.82, 2.24) is 14.9 Å². The van der Waals surface area contributed by atoms with E-state index in [1.165, 1.54) is 12.8 Å². The maximum Gasteiger partial charge on any atom is 0.251 e. The van der Waals surface area contributed by atoms with E-state index >= 15 is 0 Å². The van der Waals surface area contributed by atoms with Crippen LogP contribution in [0.4, 0.5) is 0 Å². The predicted octanol–water partition coefficient (Wildman–Crippen LogP) is 2.90. The first-order valence-corrected chi connectivity index (χ1v) is 8.85. The van der Waals surface area contributed by atoms with Gasteiger partial charge in [0.05, 0.1) is 26.5 Å². The largest absolute Gasteiger partial charge is 0.493 e. The second-order valence-electron chi connectivity index (χ2n) is 6.35. The molecule has 1 aromatic heterocycles. The molecule has 0 fully saturated rings. The molecule has 1 aliphatic rings. The number of hydrogen-bond acceptors (Lipinski definition) is 4. The van der Waals surface area contributed by atoms with Gasteiger partial charge in [-0.05, 0) is 31.4 Å². The lowest BCUT2D eigenvalue weighted by atomic mass is 10.0. The highest BCUT2D eigenvalue weighted by molar-refractivity contribution is 5.95. The van der Waals surface area contributed by atoms with E-state index in [9.17, 15) is 4.79 Å². The minimum Gasteiger partial charge on any atom is -0.493 e. The number of benzene rings is 1. The Morgan fingerprint density at radius 3 is 2.88 bits per heavy atom. The summed E-state index contributed by atoms with van der Waals surface area (Å²) in [6.07, 6.45) is 7.78. The number of aromatic nitrogens is 2. The molecular formula is C20H25N3O3. The van der Waals surface area contributed by atoms with Gasteiger partial charge < -0.3 is 19.4 Å². The lowest BCUT2D eigenvalue weighted by Gasteiger charge is -2.14. The summed E-state index contributed by atoms with van der Waals surface area (Å²) in [4.78, 5) is 17.2. The van der Waals surface area contributed by atoms with E-state index in [1.54, 1.807) is 26.4 Å². The van der Waals surface area contributed by atoms with E-state index in [1.807, 2.05) is 12.3 Å². The Labute approximate surface area is 153 Å². The molecule has 26 heavy (non-hydrogen) atoms. The number of hydrogen-bond donors (Lipinski definition) is 1. The number of ether oxygens (including phenoxy) is 2. The molecule has 0 saturated heterocycles. The number of aryl methyl sites for hydroxylation is 2. The fraction of sp³-hybridized carbons (Fsp3) is 0.400. The first-order chi connectivity index (χ1) is 12.7. The molecule has 6 nitrogen and oxygen atoms in total. The summed E-state index contributed by atoms with van der Waals surface area (Å²) < 4.78 is 13.0. The van der Waals surface area contributed by atoms with Crippen LogP contribution in [0.25, 0.3) is 0 Å². The number of imidazole rings is 1. The molecule has 138 valence electrons. The normalized spacial score (nSPS) is 13.0. The molecule has 2 heterocycles. The van der Waals surface area contributed by atoms with Gasteiger partial charge in [0.15, 0.2) is 11.5 Å². The summed E-state index contributed by atoms with van der Waals surface area (Å²) in [5.41, 5.74) is 2.29. The highest BCUT2D eigenvalue weighted by atomic mass is 16.5. The molecule has 1 aliphatic heterocycles. The van der Waals surface area contributed by atoms with Crippen LogP contribution in [0.2, 0.25) is 0 Å². The van der Waals surface area contributed by atoms with Gasteiger partial charge in [-0.2, -0.15) is 0 Å². The van der Waals surface area contributed by atoms with Gasteiger partial charge in [0, 0.05) is 30.3 Å². The average Bonchev–Trinajstić information content (AvgIpc) is 3.08. The van der Waals surface area contributed by atoms with Crippen LogP contribution in [-0.2, 0) is 25.9 Å². The highest BCUT2D eigenvalue weighted by Crippen LogP contribution is 2.33. The molecule has 2 aromatic rings. The smallest absolute Gasteiger partial charge is 0.251 e. The van der Waals surface area contributed by atoms with E-state index in [0.29, 0.717) is 30.0 Å². The number of methoxy groups -OCH3 is 2. The SMILES string of the molecule is C=CCc1cc(C(=O)NCc2cn3c(n2)CCCC3)cc(OC)c1OC. The van der Waals surface area contributed by atoms with Crippen molar-refractivity contribution in [1.29, 1.82) is 0 Å².